The highest BCUT2D eigenvalue weighted by molar-refractivity contribution is 5.97. The summed E-state index contributed by atoms with van der Waals surface area (Å²) in [5, 5.41) is 12.0. The molecule has 20 heavy (non-hydrogen) atoms. The van der Waals surface area contributed by atoms with Crippen LogP contribution in [0.2, 0.25) is 0 Å². The molecule has 0 aliphatic carbocycles. The van der Waals surface area contributed by atoms with Gasteiger partial charge in [0.2, 0.25) is 0 Å². The second-order valence-electron chi connectivity index (χ2n) is 5.53. The first-order valence-electron chi connectivity index (χ1n) is 6.84. The molecule has 5 heteroatoms. The van der Waals surface area contributed by atoms with Crippen LogP contribution in [0.5, 0.6) is 0 Å². The maximum Gasteiger partial charge on any atom is 0.335 e. The zero-order valence-electron chi connectivity index (χ0n) is 12.0. The number of fused-ring (bicyclic) bond motifs is 1. The lowest BCUT2D eigenvalue weighted by molar-refractivity contribution is 0.0697. The molecule has 1 aromatic rings. The van der Waals surface area contributed by atoms with E-state index in [-0.39, 0.29) is 17.6 Å². The number of hydrogen-bond acceptors (Lipinski definition) is 2. The zero-order valence-corrected chi connectivity index (χ0v) is 12.0. The van der Waals surface area contributed by atoms with Gasteiger partial charge in [0.1, 0.15) is 0 Å². The van der Waals surface area contributed by atoms with Crippen molar-refractivity contribution in [2.24, 2.45) is 5.92 Å². The second kappa shape index (κ2) is 5.53. The summed E-state index contributed by atoms with van der Waals surface area (Å²) in [6.07, 6.45) is 0.763. The Morgan fingerprint density at radius 2 is 2.00 bits per heavy atom. The number of aromatic carboxylic acids is 1. The van der Waals surface area contributed by atoms with E-state index in [1.165, 1.54) is 0 Å². The molecule has 0 radical (unpaired) electrons. The number of carbonyl (C=O) groups excluding carboxylic acids is 1. The van der Waals surface area contributed by atoms with E-state index in [9.17, 15) is 9.59 Å². The van der Waals surface area contributed by atoms with E-state index < -0.39 is 5.97 Å². The summed E-state index contributed by atoms with van der Waals surface area (Å²) in [6.45, 7) is 6.65. The van der Waals surface area contributed by atoms with Crippen molar-refractivity contribution in [1.29, 1.82) is 0 Å². The summed E-state index contributed by atoms with van der Waals surface area (Å²) in [5.74, 6) is -0.623. The van der Waals surface area contributed by atoms with Crippen LogP contribution in [0.25, 0.3) is 0 Å². The molecule has 5 nitrogen and oxygen atoms in total. The smallest absolute Gasteiger partial charge is 0.335 e. The Bertz CT molecular complexity index is 540. The number of carbonyl (C=O) groups is 2. The van der Waals surface area contributed by atoms with E-state index >= 15 is 0 Å². The van der Waals surface area contributed by atoms with Crippen LogP contribution in [0, 0.1) is 5.92 Å². The molecule has 0 spiro atoms. The van der Waals surface area contributed by atoms with Crippen LogP contribution in [0.15, 0.2) is 18.2 Å². The van der Waals surface area contributed by atoms with Gasteiger partial charge in [-0.3, -0.25) is 4.90 Å². The predicted molar refractivity (Wildman–Crippen MR) is 77.3 cm³/mol. The molecule has 0 fully saturated rings. The quantitative estimate of drug-likeness (QED) is 0.891. The number of amides is 2. The van der Waals surface area contributed by atoms with Gasteiger partial charge in [0.25, 0.3) is 0 Å². The summed E-state index contributed by atoms with van der Waals surface area (Å²) in [5.41, 5.74) is 1.93. The molecule has 2 rings (SSSR count). The molecule has 0 bridgehead atoms. The Labute approximate surface area is 118 Å². The van der Waals surface area contributed by atoms with Gasteiger partial charge in [-0.15, -0.1) is 0 Å². The van der Waals surface area contributed by atoms with Gasteiger partial charge >= 0.3 is 12.0 Å². The Morgan fingerprint density at radius 3 is 2.60 bits per heavy atom. The maximum atomic E-state index is 12.3. The molecule has 1 unspecified atom stereocenters. The number of carboxylic acid groups (broad SMARTS) is 1. The highest BCUT2D eigenvalue weighted by atomic mass is 16.4. The monoisotopic (exact) mass is 276 g/mol. The lowest BCUT2D eigenvalue weighted by atomic mass is 10.1. The minimum atomic E-state index is -0.976. The van der Waals surface area contributed by atoms with Crippen molar-refractivity contribution in [3.8, 4) is 0 Å². The first-order chi connectivity index (χ1) is 9.40. The predicted octanol–water partition coefficient (Wildman–Crippen LogP) is 2.50. The van der Waals surface area contributed by atoms with Crippen LogP contribution in [0.4, 0.5) is 10.5 Å². The van der Waals surface area contributed by atoms with Crippen LogP contribution in [-0.4, -0.2) is 29.7 Å². The molecule has 2 N–H and O–H groups in total. The molecule has 1 aliphatic heterocycles. The number of anilines is 1. The normalized spacial score (nSPS) is 15.1. The van der Waals surface area contributed by atoms with Crippen LogP contribution in [0.1, 0.15) is 36.7 Å². The van der Waals surface area contributed by atoms with Crippen LogP contribution < -0.4 is 10.2 Å². The Balaban J connectivity index is 2.20. The fourth-order valence-corrected chi connectivity index (χ4v) is 2.16. The van der Waals surface area contributed by atoms with Gasteiger partial charge in [-0.2, -0.15) is 0 Å². The topological polar surface area (TPSA) is 69.6 Å². The fourth-order valence-electron chi connectivity index (χ4n) is 2.16. The Hall–Kier alpha value is -2.04. The average molecular weight is 276 g/mol. The molecule has 0 aromatic heterocycles. The number of nitrogens with one attached hydrogen (secondary N) is 1. The van der Waals surface area contributed by atoms with Gasteiger partial charge in [0, 0.05) is 18.3 Å². The van der Waals surface area contributed by atoms with Crippen molar-refractivity contribution in [2.75, 3.05) is 11.4 Å². The number of nitrogens with zero attached hydrogens (tertiary/aromatic N) is 1. The van der Waals surface area contributed by atoms with E-state index in [1.807, 2.05) is 20.8 Å². The van der Waals surface area contributed by atoms with E-state index in [0.29, 0.717) is 18.2 Å². The molecule has 0 saturated heterocycles. The summed E-state index contributed by atoms with van der Waals surface area (Å²) >= 11 is 0. The molecule has 1 aromatic carbocycles. The van der Waals surface area contributed by atoms with Crippen molar-refractivity contribution in [2.45, 2.75) is 33.2 Å². The minimum Gasteiger partial charge on any atom is -0.478 e. The molecule has 1 heterocycles. The first kappa shape index (κ1) is 14.4. The van der Waals surface area contributed by atoms with E-state index in [2.05, 4.69) is 5.32 Å². The summed E-state index contributed by atoms with van der Waals surface area (Å²) in [6, 6.07) is 4.86. The van der Waals surface area contributed by atoms with Gasteiger partial charge in [0.15, 0.2) is 0 Å². The number of benzene rings is 1. The number of hydrogen-bond donors (Lipinski definition) is 2. The molecule has 1 atom stereocenters. The van der Waals surface area contributed by atoms with Crippen LogP contribution >= 0.6 is 0 Å². The molecular weight excluding hydrogens is 256 g/mol. The Kier molecular flexibility index (Phi) is 3.97. The lowest BCUT2D eigenvalue weighted by Gasteiger charge is -2.23. The van der Waals surface area contributed by atoms with Crippen molar-refractivity contribution < 1.29 is 14.7 Å². The summed E-state index contributed by atoms with van der Waals surface area (Å²) in [4.78, 5) is 24.9. The molecule has 108 valence electrons. The van der Waals surface area contributed by atoms with Gasteiger partial charge in [0.05, 0.1) is 5.56 Å². The van der Waals surface area contributed by atoms with E-state index in [1.54, 1.807) is 23.1 Å². The zero-order chi connectivity index (χ0) is 14.9. The third-order valence-electron chi connectivity index (χ3n) is 3.82. The molecular formula is C15H20N2O3. The molecule has 0 saturated carbocycles. The Morgan fingerprint density at radius 1 is 1.30 bits per heavy atom. The van der Waals surface area contributed by atoms with Crippen molar-refractivity contribution in [1.82, 2.24) is 5.32 Å². The highest BCUT2D eigenvalue weighted by Crippen LogP contribution is 2.29. The van der Waals surface area contributed by atoms with Gasteiger partial charge < -0.3 is 10.4 Å². The maximum absolute atomic E-state index is 12.3. The van der Waals surface area contributed by atoms with Crippen molar-refractivity contribution in [3.63, 3.8) is 0 Å². The second-order valence-corrected chi connectivity index (χ2v) is 5.53. The van der Waals surface area contributed by atoms with E-state index in [4.69, 9.17) is 5.11 Å². The van der Waals surface area contributed by atoms with Crippen LogP contribution in [0.3, 0.4) is 0 Å². The van der Waals surface area contributed by atoms with Gasteiger partial charge in [-0.25, -0.2) is 9.59 Å². The third kappa shape index (κ3) is 2.76. The van der Waals surface area contributed by atoms with E-state index in [0.717, 1.165) is 12.0 Å². The average Bonchev–Trinajstić information content (AvgIpc) is 2.80. The standard InChI is InChI=1S/C15H20N2O3/c1-9(2)10(3)16-15(20)17-7-6-11-4-5-12(14(18)19)8-13(11)17/h4-5,8-10H,6-7H2,1-3H3,(H,16,20)(H,18,19). The fraction of sp³-hybridized carbons (Fsp3) is 0.467. The number of carboxylic acids is 1. The molecule has 2 amide bonds. The highest BCUT2D eigenvalue weighted by Gasteiger charge is 2.26. The van der Waals surface area contributed by atoms with Gasteiger partial charge in [-0.05, 0) is 37.0 Å². The number of urea groups is 1. The SMILES string of the molecule is CC(C)C(C)NC(=O)N1CCc2ccc(C(=O)O)cc21. The summed E-state index contributed by atoms with van der Waals surface area (Å²) in [7, 11) is 0. The van der Waals surface area contributed by atoms with Crippen molar-refractivity contribution in [3.05, 3.63) is 29.3 Å². The van der Waals surface area contributed by atoms with Crippen LogP contribution in [-0.2, 0) is 6.42 Å². The summed E-state index contributed by atoms with van der Waals surface area (Å²) < 4.78 is 0. The lowest BCUT2D eigenvalue weighted by Crippen LogP contribution is -2.45. The molecule has 1 aliphatic rings. The van der Waals surface area contributed by atoms with Gasteiger partial charge in [-0.1, -0.05) is 19.9 Å². The first-order valence-corrected chi connectivity index (χ1v) is 6.84. The number of rotatable bonds is 3. The third-order valence-corrected chi connectivity index (χ3v) is 3.82. The minimum absolute atomic E-state index is 0.0780. The van der Waals surface area contributed by atoms with Crippen molar-refractivity contribution >= 4 is 17.7 Å². The largest absolute Gasteiger partial charge is 0.478 e.